The highest BCUT2D eigenvalue weighted by Gasteiger charge is 2.26. The van der Waals surface area contributed by atoms with E-state index in [9.17, 15) is 4.79 Å². The van der Waals surface area contributed by atoms with Gasteiger partial charge in [-0.25, -0.2) is 0 Å². The molecule has 1 atom stereocenters. The van der Waals surface area contributed by atoms with E-state index in [1.54, 1.807) is 0 Å². The number of ether oxygens (including phenoxy) is 1. The van der Waals surface area contributed by atoms with Gasteiger partial charge in [0, 0.05) is 19.7 Å². The second-order valence-electron chi connectivity index (χ2n) is 2.58. The molecule has 0 bridgehead atoms. The summed E-state index contributed by atoms with van der Waals surface area (Å²) >= 11 is 0. The summed E-state index contributed by atoms with van der Waals surface area (Å²) in [6.07, 6.45) is -0.381. The summed E-state index contributed by atoms with van der Waals surface area (Å²) in [6.45, 7) is 4.04. The van der Waals surface area contributed by atoms with Crippen molar-refractivity contribution in [1.82, 2.24) is 10.2 Å². The fraction of sp³-hybridized carbons (Fsp3) is 0.857. The molecule has 1 amide bonds. The second-order valence-corrected chi connectivity index (χ2v) is 2.58. The lowest BCUT2D eigenvalue weighted by atomic mass is 10.3. The van der Waals surface area contributed by atoms with Gasteiger partial charge >= 0.3 is 0 Å². The topological polar surface area (TPSA) is 41.6 Å². The third-order valence-electron chi connectivity index (χ3n) is 1.71. The van der Waals surface area contributed by atoms with Crippen LogP contribution in [0.25, 0.3) is 0 Å². The van der Waals surface area contributed by atoms with E-state index in [0.29, 0.717) is 6.61 Å². The molecule has 0 aromatic rings. The largest absolute Gasteiger partial charge is 0.354 e. The lowest BCUT2D eigenvalue weighted by Gasteiger charge is -2.30. The zero-order valence-corrected chi connectivity index (χ0v) is 6.96. The van der Waals surface area contributed by atoms with Gasteiger partial charge in [-0.3, -0.25) is 9.69 Å². The van der Waals surface area contributed by atoms with Crippen LogP contribution < -0.4 is 5.32 Å². The van der Waals surface area contributed by atoms with Crippen molar-refractivity contribution in [3.63, 3.8) is 0 Å². The van der Waals surface area contributed by atoms with E-state index in [-0.39, 0.29) is 12.1 Å². The molecule has 1 aliphatic rings. The molecule has 4 nitrogen and oxygen atoms in total. The van der Waals surface area contributed by atoms with Crippen LogP contribution in [0.1, 0.15) is 6.92 Å². The Morgan fingerprint density at radius 3 is 3.09 bits per heavy atom. The molecule has 0 aromatic heterocycles. The molecule has 0 saturated carbocycles. The summed E-state index contributed by atoms with van der Waals surface area (Å²) in [4.78, 5) is 13.0. The minimum absolute atomic E-state index is 0.0272. The first-order valence-electron chi connectivity index (χ1n) is 3.85. The predicted molar refractivity (Wildman–Crippen MR) is 41.1 cm³/mol. The number of amides is 1. The number of piperazine rings is 1. The number of rotatable bonds is 2. The molecule has 1 fully saturated rings. The lowest BCUT2D eigenvalue weighted by Crippen LogP contribution is -2.54. The smallest absolute Gasteiger partial charge is 0.264 e. The van der Waals surface area contributed by atoms with E-state index in [2.05, 4.69) is 5.32 Å². The van der Waals surface area contributed by atoms with Crippen molar-refractivity contribution in [2.75, 3.05) is 26.7 Å². The number of likely N-dealkylation sites (N-methyl/N-ethyl adjacent to an activating group) is 1. The fourth-order valence-corrected chi connectivity index (χ4v) is 1.12. The van der Waals surface area contributed by atoms with Gasteiger partial charge in [0.25, 0.3) is 5.91 Å². The zero-order valence-electron chi connectivity index (χ0n) is 6.96. The highest BCUT2D eigenvalue weighted by atomic mass is 16.5. The number of nitrogens with one attached hydrogen (secondary N) is 1. The average Bonchev–Trinajstić information content (AvgIpc) is 1.97. The monoisotopic (exact) mass is 158 g/mol. The van der Waals surface area contributed by atoms with Crippen molar-refractivity contribution in [3.05, 3.63) is 0 Å². The molecule has 0 aromatic carbocycles. The minimum atomic E-state index is -0.381. The Morgan fingerprint density at radius 1 is 1.82 bits per heavy atom. The summed E-state index contributed by atoms with van der Waals surface area (Å²) in [5, 5.41) is 2.74. The van der Waals surface area contributed by atoms with Gasteiger partial charge in [-0.1, -0.05) is 0 Å². The van der Waals surface area contributed by atoms with E-state index in [4.69, 9.17) is 4.74 Å². The molecule has 1 saturated heterocycles. The first-order valence-corrected chi connectivity index (χ1v) is 3.85. The number of hydrogen-bond acceptors (Lipinski definition) is 3. The Hall–Kier alpha value is -0.610. The Morgan fingerprint density at radius 2 is 2.55 bits per heavy atom. The standard InChI is InChI=1S/C7H14N2O2/c1-3-11-7-6(10)8-4-5-9(7)2/h7H,3-5H2,1-2H3,(H,8,10). The molecule has 0 spiro atoms. The van der Waals surface area contributed by atoms with Gasteiger partial charge < -0.3 is 10.1 Å². The molecule has 1 aliphatic heterocycles. The first-order chi connectivity index (χ1) is 5.25. The predicted octanol–water partition coefficient (Wildman–Crippen LogP) is -0.589. The van der Waals surface area contributed by atoms with E-state index in [1.807, 2.05) is 18.9 Å². The Kier molecular flexibility index (Phi) is 2.84. The van der Waals surface area contributed by atoms with Crippen LogP contribution in [0.2, 0.25) is 0 Å². The number of carbonyl (C=O) groups excluding carboxylic acids is 1. The van der Waals surface area contributed by atoms with Gasteiger partial charge in [-0.15, -0.1) is 0 Å². The van der Waals surface area contributed by atoms with Crippen LogP contribution in [0.4, 0.5) is 0 Å². The molecule has 0 radical (unpaired) electrons. The van der Waals surface area contributed by atoms with E-state index in [0.717, 1.165) is 13.1 Å². The molecule has 0 aliphatic carbocycles. The van der Waals surface area contributed by atoms with E-state index < -0.39 is 0 Å². The molecule has 1 heterocycles. The van der Waals surface area contributed by atoms with Crippen LogP contribution in [-0.2, 0) is 9.53 Å². The Labute approximate surface area is 66.5 Å². The maximum Gasteiger partial charge on any atom is 0.264 e. The third kappa shape index (κ3) is 1.91. The molecule has 4 heteroatoms. The van der Waals surface area contributed by atoms with Crippen LogP contribution in [-0.4, -0.2) is 43.8 Å². The fourth-order valence-electron chi connectivity index (χ4n) is 1.12. The molecule has 1 N–H and O–H groups in total. The third-order valence-corrected chi connectivity index (χ3v) is 1.71. The molecular weight excluding hydrogens is 144 g/mol. The van der Waals surface area contributed by atoms with Crippen molar-refractivity contribution >= 4 is 5.91 Å². The van der Waals surface area contributed by atoms with Crippen molar-refractivity contribution in [2.45, 2.75) is 13.2 Å². The average molecular weight is 158 g/mol. The lowest BCUT2D eigenvalue weighted by molar-refractivity contribution is -0.148. The van der Waals surface area contributed by atoms with Crippen molar-refractivity contribution < 1.29 is 9.53 Å². The van der Waals surface area contributed by atoms with Gasteiger partial charge in [0.15, 0.2) is 6.23 Å². The summed E-state index contributed by atoms with van der Waals surface area (Å²) in [5.41, 5.74) is 0. The highest BCUT2D eigenvalue weighted by molar-refractivity contribution is 5.81. The SMILES string of the molecule is CCOC1C(=O)NCCN1C. The second kappa shape index (κ2) is 3.69. The Bertz CT molecular complexity index is 149. The summed E-state index contributed by atoms with van der Waals surface area (Å²) in [6, 6.07) is 0. The van der Waals surface area contributed by atoms with Gasteiger partial charge in [0.1, 0.15) is 0 Å². The molecule has 1 rings (SSSR count). The van der Waals surface area contributed by atoms with E-state index >= 15 is 0 Å². The van der Waals surface area contributed by atoms with Crippen LogP contribution in [0.3, 0.4) is 0 Å². The number of nitrogens with zero attached hydrogens (tertiary/aromatic N) is 1. The quantitative estimate of drug-likeness (QED) is 0.584. The number of hydrogen-bond donors (Lipinski definition) is 1. The summed E-state index contributed by atoms with van der Waals surface area (Å²) in [7, 11) is 1.89. The molecular formula is C7H14N2O2. The maximum atomic E-state index is 11.1. The van der Waals surface area contributed by atoms with Crippen molar-refractivity contribution in [2.24, 2.45) is 0 Å². The minimum Gasteiger partial charge on any atom is -0.354 e. The summed E-state index contributed by atoms with van der Waals surface area (Å²) < 4.78 is 5.22. The zero-order chi connectivity index (χ0) is 8.27. The van der Waals surface area contributed by atoms with Gasteiger partial charge in [-0.2, -0.15) is 0 Å². The number of carbonyl (C=O) groups is 1. The maximum absolute atomic E-state index is 11.1. The van der Waals surface area contributed by atoms with Crippen LogP contribution >= 0.6 is 0 Å². The van der Waals surface area contributed by atoms with Crippen LogP contribution in [0, 0.1) is 0 Å². The molecule has 64 valence electrons. The van der Waals surface area contributed by atoms with Crippen molar-refractivity contribution in [3.8, 4) is 0 Å². The molecule has 11 heavy (non-hydrogen) atoms. The Balaban J connectivity index is 2.48. The molecule has 1 unspecified atom stereocenters. The normalized spacial score (nSPS) is 26.7. The van der Waals surface area contributed by atoms with Crippen molar-refractivity contribution in [1.29, 1.82) is 0 Å². The van der Waals surface area contributed by atoms with Gasteiger partial charge in [0.05, 0.1) is 0 Å². The van der Waals surface area contributed by atoms with Gasteiger partial charge in [0.2, 0.25) is 0 Å². The van der Waals surface area contributed by atoms with E-state index in [1.165, 1.54) is 0 Å². The van der Waals surface area contributed by atoms with Crippen LogP contribution in [0.15, 0.2) is 0 Å². The van der Waals surface area contributed by atoms with Crippen LogP contribution in [0.5, 0.6) is 0 Å². The van der Waals surface area contributed by atoms with Gasteiger partial charge in [-0.05, 0) is 14.0 Å². The first kappa shape index (κ1) is 8.49. The summed E-state index contributed by atoms with van der Waals surface area (Å²) in [5.74, 6) is -0.0272. The highest BCUT2D eigenvalue weighted by Crippen LogP contribution is 2.02.